The molecule has 2 aromatic carbocycles. The predicted molar refractivity (Wildman–Crippen MR) is 123 cm³/mol. The Balaban J connectivity index is 1.46. The van der Waals surface area contributed by atoms with E-state index in [1.807, 2.05) is 49.1 Å². The molecule has 0 bridgehead atoms. The summed E-state index contributed by atoms with van der Waals surface area (Å²) in [5.74, 6) is 0.921. The van der Waals surface area contributed by atoms with E-state index in [-0.39, 0.29) is 23.4 Å². The second kappa shape index (κ2) is 8.91. The van der Waals surface area contributed by atoms with Crippen molar-refractivity contribution in [2.45, 2.75) is 26.7 Å². The van der Waals surface area contributed by atoms with Crippen molar-refractivity contribution in [3.8, 4) is 17.2 Å². The summed E-state index contributed by atoms with van der Waals surface area (Å²) in [6, 6.07) is 16.1. The second-order valence-electron chi connectivity index (χ2n) is 8.30. The highest BCUT2D eigenvalue weighted by atomic mass is 16.5. The topological polar surface area (TPSA) is 71.8 Å². The first kappa shape index (κ1) is 21.7. The number of piperidine rings is 1. The first-order chi connectivity index (χ1) is 15.4. The number of aryl methyl sites for hydroxylation is 1. The molecule has 1 aliphatic rings. The van der Waals surface area contributed by atoms with Gasteiger partial charge in [0.1, 0.15) is 11.5 Å². The molecule has 0 atom stereocenters. The van der Waals surface area contributed by atoms with Crippen molar-refractivity contribution in [1.82, 2.24) is 9.47 Å². The van der Waals surface area contributed by atoms with Gasteiger partial charge in [0.15, 0.2) is 5.78 Å². The van der Waals surface area contributed by atoms with E-state index >= 15 is 0 Å². The van der Waals surface area contributed by atoms with Crippen LogP contribution in [0.1, 0.15) is 44.9 Å². The summed E-state index contributed by atoms with van der Waals surface area (Å²) in [4.78, 5) is 27.9. The van der Waals surface area contributed by atoms with Crippen molar-refractivity contribution in [3.63, 3.8) is 0 Å². The summed E-state index contributed by atoms with van der Waals surface area (Å²) >= 11 is 0. The van der Waals surface area contributed by atoms with E-state index in [1.54, 1.807) is 19.2 Å². The first-order valence-electron chi connectivity index (χ1n) is 10.8. The first-order valence-corrected chi connectivity index (χ1v) is 10.8. The standard InChI is InChI=1S/C26H28N2O4/c1-17-16-24(18(2)28(17)21-6-10-23(32-3)11-7-21)26(31)27-14-12-20(13-15-27)25(30)19-4-8-22(29)9-5-19/h4-11,16,20,29H,12-15H2,1-3H3. The van der Waals surface area contributed by atoms with Crippen molar-refractivity contribution in [1.29, 1.82) is 0 Å². The molecule has 32 heavy (non-hydrogen) atoms. The smallest absolute Gasteiger partial charge is 0.255 e. The third-order valence-corrected chi connectivity index (χ3v) is 6.30. The van der Waals surface area contributed by atoms with Crippen LogP contribution in [0, 0.1) is 19.8 Å². The highest BCUT2D eigenvalue weighted by molar-refractivity contribution is 5.99. The summed E-state index contributed by atoms with van der Waals surface area (Å²) in [5, 5.41) is 9.43. The lowest BCUT2D eigenvalue weighted by molar-refractivity contribution is 0.0649. The Hall–Kier alpha value is -3.54. The number of aromatic hydroxyl groups is 1. The van der Waals surface area contributed by atoms with Gasteiger partial charge in [0.05, 0.1) is 12.7 Å². The summed E-state index contributed by atoms with van der Waals surface area (Å²) < 4.78 is 7.32. The van der Waals surface area contributed by atoms with Crippen LogP contribution in [0.2, 0.25) is 0 Å². The van der Waals surface area contributed by atoms with Crippen LogP contribution in [0.3, 0.4) is 0 Å². The molecular formula is C26H28N2O4. The fraction of sp³-hybridized carbons (Fsp3) is 0.308. The van der Waals surface area contributed by atoms with Gasteiger partial charge in [-0.15, -0.1) is 0 Å². The minimum Gasteiger partial charge on any atom is -0.508 e. The van der Waals surface area contributed by atoms with E-state index in [4.69, 9.17) is 4.74 Å². The number of carbonyl (C=O) groups is 2. The predicted octanol–water partition coefficient (Wildman–Crippen LogP) is 4.54. The maximum Gasteiger partial charge on any atom is 0.255 e. The molecular weight excluding hydrogens is 404 g/mol. The molecule has 0 saturated carbocycles. The van der Waals surface area contributed by atoms with Crippen molar-refractivity contribution >= 4 is 11.7 Å². The van der Waals surface area contributed by atoms with Crippen molar-refractivity contribution in [3.05, 3.63) is 77.1 Å². The largest absolute Gasteiger partial charge is 0.508 e. The number of likely N-dealkylation sites (tertiary alicyclic amines) is 1. The number of nitrogens with zero attached hydrogens (tertiary/aromatic N) is 2. The monoisotopic (exact) mass is 432 g/mol. The molecule has 2 heterocycles. The summed E-state index contributed by atoms with van der Waals surface area (Å²) in [6.45, 7) is 5.07. The third-order valence-electron chi connectivity index (χ3n) is 6.30. The lowest BCUT2D eigenvalue weighted by Gasteiger charge is -2.31. The van der Waals surface area contributed by atoms with Crippen LogP contribution in [0.5, 0.6) is 11.5 Å². The normalized spacial score (nSPS) is 14.4. The SMILES string of the molecule is COc1ccc(-n2c(C)cc(C(=O)N3CCC(C(=O)c4ccc(O)cc4)CC3)c2C)cc1. The Morgan fingerprint density at radius 3 is 2.19 bits per heavy atom. The van der Waals surface area contributed by atoms with Gasteiger partial charge in [-0.1, -0.05) is 0 Å². The van der Waals surface area contributed by atoms with Crippen molar-refractivity contribution in [2.75, 3.05) is 20.2 Å². The van der Waals surface area contributed by atoms with Gasteiger partial charge in [0.2, 0.25) is 0 Å². The van der Waals surface area contributed by atoms with Crippen LogP contribution >= 0.6 is 0 Å². The molecule has 1 amide bonds. The highest BCUT2D eigenvalue weighted by Gasteiger charge is 2.30. The van der Waals surface area contributed by atoms with Crippen molar-refractivity contribution < 1.29 is 19.4 Å². The van der Waals surface area contributed by atoms with Gasteiger partial charge in [0.25, 0.3) is 5.91 Å². The molecule has 4 rings (SSSR count). The molecule has 6 nitrogen and oxygen atoms in total. The molecule has 3 aromatic rings. The molecule has 1 aromatic heterocycles. The average molecular weight is 433 g/mol. The van der Waals surface area contributed by atoms with Crippen LogP contribution in [-0.2, 0) is 0 Å². The number of hydrogen-bond donors (Lipinski definition) is 1. The second-order valence-corrected chi connectivity index (χ2v) is 8.30. The van der Waals surface area contributed by atoms with Gasteiger partial charge in [-0.2, -0.15) is 0 Å². The highest BCUT2D eigenvalue weighted by Crippen LogP contribution is 2.27. The molecule has 1 fully saturated rings. The number of rotatable bonds is 5. The Morgan fingerprint density at radius 2 is 1.59 bits per heavy atom. The van der Waals surface area contributed by atoms with E-state index in [0.29, 0.717) is 37.1 Å². The maximum atomic E-state index is 13.3. The summed E-state index contributed by atoms with van der Waals surface area (Å²) in [7, 11) is 1.64. The maximum absolute atomic E-state index is 13.3. The van der Waals surface area contributed by atoms with E-state index in [0.717, 1.165) is 22.8 Å². The molecule has 166 valence electrons. The third kappa shape index (κ3) is 4.13. The zero-order valence-electron chi connectivity index (χ0n) is 18.7. The van der Waals surface area contributed by atoms with E-state index in [9.17, 15) is 14.7 Å². The number of ether oxygens (including phenoxy) is 1. The van der Waals surface area contributed by atoms with E-state index < -0.39 is 0 Å². The van der Waals surface area contributed by atoms with E-state index in [2.05, 4.69) is 4.57 Å². The van der Waals surface area contributed by atoms with Gasteiger partial charge in [-0.25, -0.2) is 0 Å². The summed E-state index contributed by atoms with van der Waals surface area (Å²) in [6.07, 6.45) is 1.28. The molecule has 0 spiro atoms. The zero-order chi connectivity index (χ0) is 22.8. The molecule has 1 saturated heterocycles. The minimum absolute atomic E-state index is 0.00777. The summed E-state index contributed by atoms with van der Waals surface area (Å²) in [5.41, 5.74) is 4.18. The Labute approximate surface area is 188 Å². The lowest BCUT2D eigenvalue weighted by atomic mass is 9.88. The number of ketones is 1. The minimum atomic E-state index is -0.102. The molecule has 1 N–H and O–H groups in total. The van der Waals surface area contributed by atoms with Gasteiger partial charge in [0, 0.05) is 41.6 Å². The number of benzene rings is 2. The Bertz CT molecular complexity index is 1120. The molecule has 6 heteroatoms. The average Bonchev–Trinajstić information content (AvgIpc) is 3.12. The molecule has 1 aliphatic heterocycles. The van der Waals surface area contributed by atoms with Crippen LogP contribution < -0.4 is 4.74 Å². The Kier molecular flexibility index (Phi) is 6.04. The lowest BCUT2D eigenvalue weighted by Crippen LogP contribution is -2.40. The number of phenols is 1. The van der Waals surface area contributed by atoms with Gasteiger partial charge in [-0.05, 0) is 81.3 Å². The molecule has 0 radical (unpaired) electrons. The van der Waals surface area contributed by atoms with Gasteiger partial charge < -0.3 is 19.3 Å². The molecule has 0 aliphatic carbocycles. The number of phenolic OH excluding ortho intramolecular Hbond substituents is 1. The number of Topliss-reactive ketones (excluding diaryl/α,β-unsaturated/α-hetero) is 1. The number of aromatic nitrogens is 1. The quantitative estimate of drug-likeness (QED) is 0.601. The number of hydrogen-bond acceptors (Lipinski definition) is 4. The Morgan fingerprint density at radius 1 is 0.969 bits per heavy atom. The van der Waals surface area contributed by atoms with Crippen LogP contribution in [-0.4, -0.2) is 46.5 Å². The number of carbonyl (C=O) groups excluding carboxylic acids is 2. The van der Waals surface area contributed by atoms with Gasteiger partial charge in [-0.3, -0.25) is 9.59 Å². The van der Waals surface area contributed by atoms with Gasteiger partial charge >= 0.3 is 0 Å². The fourth-order valence-electron chi connectivity index (χ4n) is 4.48. The van der Waals surface area contributed by atoms with E-state index in [1.165, 1.54) is 12.1 Å². The number of amides is 1. The van der Waals surface area contributed by atoms with Crippen LogP contribution in [0.25, 0.3) is 5.69 Å². The van der Waals surface area contributed by atoms with Crippen LogP contribution in [0.15, 0.2) is 54.6 Å². The number of methoxy groups -OCH3 is 1. The molecule has 0 unspecified atom stereocenters. The van der Waals surface area contributed by atoms with Crippen molar-refractivity contribution in [2.24, 2.45) is 5.92 Å². The van der Waals surface area contributed by atoms with Crippen LogP contribution in [0.4, 0.5) is 0 Å². The fourth-order valence-corrected chi connectivity index (χ4v) is 4.48. The zero-order valence-corrected chi connectivity index (χ0v) is 18.7.